The molecule has 1 aliphatic rings. The summed E-state index contributed by atoms with van der Waals surface area (Å²) in [5.74, 6) is 0.424. The smallest absolute Gasteiger partial charge is 0.261 e. The molecule has 1 amide bonds. The van der Waals surface area contributed by atoms with Gasteiger partial charge in [-0.25, -0.2) is 0 Å². The average Bonchev–Trinajstić information content (AvgIpc) is 2.96. The molecule has 1 aliphatic carbocycles. The van der Waals surface area contributed by atoms with E-state index in [1.54, 1.807) is 29.2 Å². The number of ether oxygens (including phenoxy) is 1. The van der Waals surface area contributed by atoms with Crippen LogP contribution in [0.1, 0.15) is 25.7 Å². The monoisotopic (exact) mass is 292 g/mol. The van der Waals surface area contributed by atoms with Crippen LogP contribution < -0.4 is 4.74 Å². The van der Waals surface area contributed by atoms with Gasteiger partial charge in [-0.15, -0.1) is 0 Å². The van der Waals surface area contributed by atoms with Crippen molar-refractivity contribution in [3.8, 4) is 11.8 Å². The molecule has 2 rings (SSSR count). The van der Waals surface area contributed by atoms with Crippen LogP contribution in [0.5, 0.6) is 5.75 Å². The second-order valence-electron chi connectivity index (χ2n) is 4.86. The normalized spacial score (nSPS) is 14.8. The van der Waals surface area contributed by atoms with Crippen LogP contribution in [-0.2, 0) is 4.79 Å². The van der Waals surface area contributed by atoms with Gasteiger partial charge in [-0.3, -0.25) is 4.79 Å². The van der Waals surface area contributed by atoms with Crippen molar-refractivity contribution in [2.45, 2.75) is 31.7 Å². The number of carbonyl (C=O) groups is 1. The molecule has 1 aromatic rings. The summed E-state index contributed by atoms with van der Waals surface area (Å²) in [7, 11) is 0. The zero-order valence-corrected chi connectivity index (χ0v) is 12.0. The van der Waals surface area contributed by atoms with Crippen LogP contribution >= 0.6 is 11.6 Å². The van der Waals surface area contributed by atoms with E-state index in [0.29, 0.717) is 10.8 Å². The number of hydrogen-bond acceptors (Lipinski definition) is 3. The van der Waals surface area contributed by atoms with Crippen LogP contribution in [0.4, 0.5) is 0 Å². The maximum absolute atomic E-state index is 12.2. The van der Waals surface area contributed by atoms with Crippen LogP contribution in [0.25, 0.3) is 0 Å². The highest BCUT2D eigenvalue weighted by molar-refractivity contribution is 6.30. The number of rotatable bonds is 5. The SMILES string of the molecule is N#CCN(C(=O)COc1cccc(Cl)c1)C1CCCC1. The number of nitriles is 1. The molecule has 0 heterocycles. The Morgan fingerprint density at radius 2 is 2.20 bits per heavy atom. The summed E-state index contributed by atoms with van der Waals surface area (Å²) in [5.41, 5.74) is 0. The molecule has 0 bridgehead atoms. The van der Waals surface area contributed by atoms with E-state index < -0.39 is 0 Å². The van der Waals surface area contributed by atoms with Gasteiger partial charge in [-0.2, -0.15) is 5.26 Å². The van der Waals surface area contributed by atoms with Crippen molar-refractivity contribution in [2.75, 3.05) is 13.2 Å². The standard InChI is InChI=1S/C15H17ClN2O2/c16-12-4-3-7-14(10-12)20-11-15(19)18(9-8-17)13-5-1-2-6-13/h3-4,7,10,13H,1-2,5-6,9,11H2. The Morgan fingerprint density at radius 1 is 1.45 bits per heavy atom. The van der Waals surface area contributed by atoms with Crippen molar-refractivity contribution in [2.24, 2.45) is 0 Å². The van der Waals surface area contributed by atoms with Crippen molar-refractivity contribution in [3.05, 3.63) is 29.3 Å². The molecule has 0 spiro atoms. The molecule has 1 saturated carbocycles. The molecule has 106 valence electrons. The van der Waals surface area contributed by atoms with Crippen LogP contribution in [0.15, 0.2) is 24.3 Å². The van der Waals surface area contributed by atoms with Gasteiger partial charge in [0.15, 0.2) is 6.61 Å². The van der Waals surface area contributed by atoms with E-state index in [4.69, 9.17) is 21.6 Å². The van der Waals surface area contributed by atoms with Gasteiger partial charge in [0, 0.05) is 11.1 Å². The van der Waals surface area contributed by atoms with Crippen LogP contribution in [0.3, 0.4) is 0 Å². The van der Waals surface area contributed by atoms with Gasteiger partial charge in [-0.1, -0.05) is 30.5 Å². The first-order valence-electron chi connectivity index (χ1n) is 6.75. The van der Waals surface area contributed by atoms with E-state index in [1.165, 1.54) is 0 Å². The fourth-order valence-electron chi connectivity index (χ4n) is 2.50. The summed E-state index contributed by atoms with van der Waals surface area (Å²) in [5, 5.41) is 9.43. The van der Waals surface area contributed by atoms with E-state index in [9.17, 15) is 4.79 Å². The van der Waals surface area contributed by atoms with Crippen molar-refractivity contribution >= 4 is 17.5 Å². The number of halogens is 1. The zero-order valence-electron chi connectivity index (χ0n) is 11.2. The summed E-state index contributed by atoms with van der Waals surface area (Å²) in [6, 6.07) is 9.18. The Bertz CT molecular complexity index is 507. The van der Waals surface area contributed by atoms with Gasteiger partial charge in [0.25, 0.3) is 5.91 Å². The Kier molecular flexibility index (Phi) is 5.25. The molecule has 5 heteroatoms. The second-order valence-corrected chi connectivity index (χ2v) is 5.30. The third-order valence-electron chi connectivity index (χ3n) is 3.49. The lowest BCUT2D eigenvalue weighted by atomic mass is 10.2. The van der Waals surface area contributed by atoms with Crippen molar-refractivity contribution in [1.82, 2.24) is 4.90 Å². The Hall–Kier alpha value is -1.73. The van der Waals surface area contributed by atoms with Crippen molar-refractivity contribution < 1.29 is 9.53 Å². The van der Waals surface area contributed by atoms with E-state index >= 15 is 0 Å². The molecule has 0 radical (unpaired) electrons. The highest BCUT2D eigenvalue weighted by Gasteiger charge is 2.26. The predicted molar refractivity (Wildman–Crippen MR) is 76.5 cm³/mol. The summed E-state index contributed by atoms with van der Waals surface area (Å²) in [6.07, 6.45) is 4.19. The lowest BCUT2D eigenvalue weighted by Gasteiger charge is -2.26. The molecule has 0 atom stereocenters. The molecule has 0 unspecified atom stereocenters. The van der Waals surface area contributed by atoms with Crippen LogP contribution in [0, 0.1) is 11.3 Å². The number of hydrogen-bond donors (Lipinski definition) is 0. The molecule has 1 aromatic carbocycles. The Balaban J connectivity index is 1.93. The molecule has 4 nitrogen and oxygen atoms in total. The quantitative estimate of drug-likeness (QED) is 0.784. The molecular formula is C15H17ClN2O2. The zero-order chi connectivity index (χ0) is 14.4. The van der Waals surface area contributed by atoms with Gasteiger partial charge in [-0.05, 0) is 31.0 Å². The van der Waals surface area contributed by atoms with E-state index in [2.05, 4.69) is 6.07 Å². The molecule has 1 fully saturated rings. The lowest BCUT2D eigenvalue weighted by Crippen LogP contribution is -2.41. The highest BCUT2D eigenvalue weighted by Crippen LogP contribution is 2.23. The predicted octanol–water partition coefficient (Wildman–Crippen LogP) is 3.01. The third kappa shape index (κ3) is 3.88. The number of benzene rings is 1. The fraction of sp³-hybridized carbons (Fsp3) is 0.467. The topological polar surface area (TPSA) is 53.3 Å². The largest absolute Gasteiger partial charge is 0.484 e. The first-order chi connectivity index (χ1) is 9.70. The average molecular weight is 293 g/mol. The first kappa shape index (κ1) is 14.7. The summed E-state index contributed by atoms with van der Waals surface area (Å²) >= 11 is 5.86. The second kappa shape index (κ2) is 7.16. The van der Waals surface area contributed by atoms with Gasteiger partial charge >= 0.3 is 0 Å². The minimum absolute atomic E-state index is 0.0570. The van der Waals surface area contributed by atoms with Gasteiger partial charge in [0.05, 0.1) is 6.07 Å². The van der Waals surface area contributed by atoms with Gasteiger partial charge in [0.2, 0.25) is 0 Å². The third-order valence-corrected chi connectivity index (χ3v) is 3.72. The number of amides is 1. The first-order valence-corrected chi connectivity index (χ1v) is 7.13. The molecule has 0 aromatic heterocycles. The molecular weight excluding hydrogens is 276 g/mol. The minimum atomic E-state index is -0.140. The summed E-state index contributed by atoms with van der Waals surface area (Å²) in [4.78, 5) is 13.8. The van der Waals surface area contributed by atoms with E-state index in [0.717, 1.165) is 25.7 Å². The lowest BCUT2D eigenvalue weighted by molar-refractivity contribution is -0.134. The van der Waals surface area contributed by atoms with Crippen LogP contribution in [0.2, 0.25) is 5.02 Å². The maximum Gasteiger partial charge on any atom is 0.261 e. The number of carbonyl (C=O) groups excluding carboxylic acids is 1. The van der Waals surface area contributed by atoms with Crippen molar-refractivity contribution in [3.63, 3.8) is 0 Å². The van der Waals surface area contributed by atoms with Crippen LogP contribution in [-0.4, -0.2) is 30.0 Å². The molecule has 0 saturated heterocycles. The minimum Gasteiger partial charge on any atom is -0.484 e. The van der Waals surface area contributed by atoms with Crippen molar-refractivity contribution in [1.29, 1.82) is 5.26 Å². The number of nitrogens with zero attached hydrogens (tertiary/aromatic N) is 2. The highest BCUT2D eigenvalue weighted by atomic mass is 35.5. The Morgan fingerprint density at radius 3 is 2.85 bits per heavy atom. The summed E-state index contributed by atoms with van der Waals surface area (Å²) in [6.45, 7) is 0.0704. The maximum atomic E-state index is 12.2. The molecule has 0 aliphatic heterocycles. The van der Waals surface area contributed by atoms with Gasteiger partial charge in [0.1, 0.15) is 12.3 Å². The fourth-order valence-corrected chi connectivity index (χ4v) is 2.68. The summed E-state index contributed by atoms with van der Waals surface area (Å²) < 4.78 is 5.45. The molecule has 0 N–H and O–H groups in total. The van der Waals surface area contributed by atoms with Gasteiger partial charge < -0.3 is 9.64 Å². The Labute approximate surface area is 123 Å². The molecule has 20 heavy (non-hydrogen) atoms. The van der Waals surface area contributed by atoms with E-state index in [1.807, 2.05) is 0 Å². The van der Waals surface area contributed by atoms with E-state index in [-0.39, 0.29) is 25.1 Å².